The summed E-state index contributed by atoms with van der Waals surface area (Å²) in [5, 5.41) is 3.71. The minimum absolute atomic E-state index is 0.524. The molecule has 0 aliphatic carbocycles. The number of piperazine rings is 1. The Hall–Kier alpha value is -0.900. The van der Waals surface area contributed by atoms with Crippen molar-refractivity contribution in [1.29, 1.82) is 0 Å². The predicted octanol–water partition coefficient (Wildman–Crippen LogP) is 2.84. The molecule has 3 atom stereocenters. The van der Waals surface area contributed by atoms with Crippen molar-refractivity contribution in [2.24, 2.45) is 5.92 Å². The Labute approximate surface area is 128 Å². The van der Waals surface area contributed by atoms with Gasteiger partial charge in [-0.3, -0.25) is 4.90 Å². The van der Waals surface area contributed by atoms with E-state index in [4.69, 9.17) is 4.74 Å². The second kappa shape index (κ2) is 7.39. The Balaban J connectivity index is 1.64. The van der Waals surface area contributed by atoms with Crippen LogP contribution < -0.4 is 5.32 Å². The molecule has 2 heterocycles. The quantitative estimate of drug-likeness (QED) is 0.901. The summed E-state index contributed by atoms with van der Waals surface area (Å²) in [4.78, 5) is 2.69. The zero-order valence-corrected chi connectivity index (χ0v) is 13.1. The molecule has 2 saturated heterocycles. The van der Waals surface area contributed by atoms with Gasteiger partial charge in [0, 0.05) is 38.4 Å². The van der Waals surface area contributed by atoms with Gasteiger partial charge in [0.25, 0.3) is 0 Å². The van der Waals surface area contributed by atoms with Gasteiger partial charge < -0.3 is 10.1 Å². The van der Waals surface area contributed by atoms with Gasteiger partial charge in [-0.25, -0.2) is 0 Å². The monoisotopic (exact) mass is 288 g/mol. The highest BCUT2D eigenvalue weighted by Gasteiger charge is 2.28. The first-order chi connectivity index (χ1) is 10.4. The lowest BCUT2D eigenvalue weighted by atomic mass is 9.98. The van der Waals surface area contributed by atoms with E-state index in [2.05, 4.69) is 47.5 Å². The summed E-state index contributed by atoms with van der Waals surface area (Å²) in [5.41, 5.74) is 1.45. The number of ether oxygens (including phenoxy) is 1. The van der Waals surface area contributed by atoms with Crippen LogP contribution in [0, 0.1) is 5.92 Å². The highest BCUT2D eigenvalue weighted by atomic mass is 16.5. The largest absolute Gasteiger partial charge is 0.381 e. The number of benzene rings is 1. The Morgan fingerprint density at radius 2 is 2.14 bits per heavy atom. The van der Waals surface area contributed by atoms with E-state index in [-0.39, 0.29) is 0 Å². The van der Waals surface area contributed by atoms with Crippen LogP contribution in [0.2, 0.25) is 0 Å². The van der Waals surface area contributed by atoms with E-state index in [0.717, 1.165) is 25.7 Å². The molecule has 3 rings (SSSR count). The van der Waals surface area contributed by atoms with Crippen molar-refractivity contribution >= 4 is 0 Å². The molecule has 0 saturated carbocycles. The smallest absolute Gasteiger partial charge is 0.0495 e. The first kappa shape index (κ1) is 15.0. The van der Waals surface area contributed by atoms with Crippen molar-refractivity contribution in [2.75, 3.05) is 32.8 Å². The summed E-state index contributed by atoms with van der Waals surface area (Å²) in [6.07, 6.45) is 3.74. The van der Waals surface area contributed by atoms with E-state index in [1.807, 2.05) is 0 Å². The molecular weight excluding hydrogens is 260 g/mol. The highest BCUT2D eigenvalue weighted by molar-refractivity contribution is 5.20. The third-order valence-electron chi connectivity index (χ3n) is 5.02. The first-order valence-corrected chi connectivity index (χ1v) is 8.47. The van der Waals surface area contributed by atoms with E-state index in [0.29, 0.717) is 12.1 Å². The van der Waals surface area contributed by atoms with Crippen LogP contribution in [-0.2, 0) is 4.74 Å². The van der Waals surface area contributed by atoms with Crippen molar-refractivity contribution in [2.45, 2.75) is 38.3 Å². The van der Waals surface area contributed by atoms with E-state index < -0.39 is 0 Å². The molecule has 0 spiro atoms. The molecule has 0 radical (unpaired) electrons. The van der Waals surface area contributed by atoms with Gasteiger partial charge in [0.05, 0.1) is 0 Å². The molecule has 0 bridgehead atoms. The SMILES string of the molecule is CCC1CN(CCC2CCOC2)C(c2ccccc2)CN1. The van der Waals surface area contributed by atoms with Crippen LogP contribution in [-0.4, -0.2) is 43.8 Å². The summed E-state index contributed by atoms with van der Waals surface area (Å²) in [6.45, 7) is 7.66. The van der Waals surface area contributed by atoms with Gasteiger partial charge in [0.15, 0.2) is 0 Å². The lowest BCUT2D eigenvalue weighted by molar-refractivity contribution is 0.116. The van der Waals surface area contributed by atoms with Crippen LogP contribution in [0.1, 0.15) is 37.8 Å². The fourth-order valence-electron chi connectivity index (χ4n) is 3.57. The Bertz CT molecular complexity index is 416. The first-order valence-electron chi connectivity index (χ1n) is 8.47. The van der Waals surface area contributed by atoms with Crippen molar-refractivity contribution in [3.05, 3.63) is 35.9 Å². The number of nitrogens with one attached hydrogen (secondary N) is 1. The van der Waals surface area contributed by atoms with Crippen LogP contribution in [0.25, 0.3) is 0 Å². The molecule has 2 aliphatic rings. The van der Waals surface area contributed by atoms with Gasteiger partial charge in [-0.2, -0.15) is 0 Å². The molecule has 0 amide bonds. The normalized spacial score (nSPS) is 30.6. The fraction of sp³-hybridized carbons (Fsp3) is 0.667. The van der Waals surface area contributed by atoms with Gasteiger partial charge in [-0.1, -0.05) is 37.3 Å². The maximum absolute atomic E-state index is 5.52. The molecular formula is C18H28N2O. The molecule has 1 aromatic carbocycles. The molecule has 1 N–H and O–H groups in total. The maximum Gasteiger partial charge on any atom is 0.0495 e. The van der Waals surface area contributed by atoms with Gasteiger partial charge in [-0.15, -0.1) is 0 Å². The van der Waals surface area contributed by atoms with Gasteiger partial charge in [-0.05, 0) is 37.3 Å². The Kier molecular flexibility index (Phi) is 5.28. The molecule has 3 heteroatoms. The lowest BCUT2D eigenvalue weighted by Crippen LogP contribution is -2.52. The molecule has 116 valence electrons. The Morgan fingerprint density at radius 3 is 2.86 bits per heavy atom. The van der Waals surface area contributed by atoms with Crippen LogP contribution >= 0.6 is 0 Å². The van der Waals surface area contributed by atoms with E-state index in [1.165, 1.54) is 37.9 Å². The van der Waals surface area contributed by atoms with Gasteiger partial charge >= 0.3 is 0 Å². The molecule has 2 aliphatic heterocycles. The molecule has 3 unspecified atom stereocenters. The minimum atomic E-state index is 0.524. The average Bonchev–Trinajstić information content (AvgIpc) is 3.07. The van der Waals surface area contributed by atoms with Crippen molar-refractivity contribution in [3.63, 3.8) is 0 Å². The van der Waals surface area contributed by atoms with E-state index >= 15 is 0 Å². The zero-order chi connectivity index (χ0) is 14.5. The van der Waals surface area contributed by atoms with E-state index in [9.17, 15) is 0 Å². The van der Waals surface area contributed by atoms with Crippen LogP contribution in [0.4, 0.5) is 0 Å². The summed E-state index contributed by atoms with van der Waals surface area (Å²) in [6, 6.07) is 12.1. The topological polar surface area (TPSA) is 24.5 Å². The standard InChI is InChI=1S/C18H28N2O/c1-2-17-13-20(10-8-15-9-11-21-14-15)18(12-19-17)16-6-4-3-5-7-16/h3-7,15,17-19H,2,8-14H2,1H3. The predicted molar refractivity (Wildman–Crippen MR) is 86.4 cm³/mol. The number of hydrogen-bond acceptors (Lipinski definition) is 3. The summed E-state index contributed by atoms with van der Waals surface area (Å²) in [7, 11) is 0. The van der Waals surface area contributed by atoms with E-state index in [1.54, 1.807) is 0 Å². The Morgan fingerprint density at radius 1 is 1.29 bits per heavy atom. The molecule has 0 aromatic heterocycles. The maximum atomic E-state index is 5.52. The number of rotatable bonds is 5. The average molecular weight is 288 g/mol. The van der Waals surface area contributed by atoms with Gasteiger partial charge in [0.1, 0.15) is 0 Å². The minimum Gasteiger partial charge on any atom is -0.381 e. The zero-order valence-electron chi connectivity index (χ0n) is 13.1. The fourth-order valence-corrected chi connectivity index (χ4v) is 3.57. The summed E-state index contributed by atoms with van der Waals surface area (Å²) < 4.78 is 5.52. The lowest BCUT2D eigenvalue weighted by Gasteiger charge is -2.41. The second-order valence-electron chi connectivity index (χ2n) is 6.45. The number of nitrogens with zero attached hydrogens (tertiary/aromatic N) is 1. The summed E-state index contributed by atoms with van der Waals surface area (Å²) >= 11 is 0. The van der Waals surface area contributed by atoms with Crippen molar-refractivity contribution in [3.8, 4) is 0 Å². The second-order valence-corrected chi connectivity index (χ2v) is 6.45. The van der Waals surface area contributed by atoms with Crippen molar-refractivity contribution in [1.82, 2.24) is 10.2 Å². The van der Waals surface area contributed by atoms with Crippen LogP contribution in [0.3, 0.4) is 0 Å². The molecule has 21 heavy (non-hydrogen) atoms. The third kappa shape index (κ3) is 3.85. The third-order valence-corrected chi connectivity index (χ3v) is 5.02. The number of hydrogen-bond donors (Lipinski definition) is 1. The molecule has 3 nitrogen and oxygen atoms in total. The van der Waals surface area contributed by atoms with Crippen molar-refractivity contribution < 1.29 is 4.74 Å². The summed E-state index contributed by atoms with van der Waals surface area (Å²) in [5.74, 6) is 0.774. The van der Waals surface area contributed by atoms with Crippen LogP contribution in [0.5, 0.6) is 0 Å². The molecule has 1 aromatic rings. The van der Waals surface area contributed by atoms with Gasteiger partial charge in [0.2, 0.25) is 0 Å². The van der Waals surface area contributed by atoms with Crippen LogP contribution in [0.15, 0.2) is 30.3 Å². The highest BCUT2D eigenvalue weighted by Crippen LogP contribution is 2.26. The molecule has 2 fully saturated rings.